The lowest BCUT2D eigenvalue weighted by Gasteiger charge is -2.28. The zero-order chi connectivity index (χ0) is 24.7. The summed E-state index contributed by atoms with van der Waals surface area (Å²) in [6.07, 6.45) is 1.91. The summed E-state index contributed by atoms with van der Waals surface area (Å²) in [4.78, 5) is 29.9. The number of hydrogen-bond donors (Lipinski definition) is 2. The van der Waals surface area contributed by atoms with Gasteiger partial charge in [-0.2, -0.15) is 0 Å². The highest BCUT2D eigenvalue weighted by Crippen LogP contribution is 2.40. The molecule has 0 saturated carbocycles. The van der Waals surface area contributed by atoms with Crippen LogP contribution >= 0.6 is 0 Å². The van der Waals surface area contributed by atoms with Crippen molar-refractivity contribution < 1.29 is 24.5 Å². The second-order valence-corrected chi connectivity index (χ2v) is 8.34. The van der Waals surface area contributed by atoms with Crippen LogP contribution in [0.4, 0.5) is 0 Å². The molecule has 1 fully saturated rings. The normalized spacial score (nSPS) is 17.5. The summed E-state index contributed by atoms with van der Waals surface area (Å²) in [6.45, 7) is 9.34. The van der Waals surface area contributed by atoms with E-state index in [1.165, 1.54) is 17.0 Å². The molecular weight excluding hydrogens is 432 g/mol. The minimum atomic E-state index is -0.749. The zero-order valence-electron chi connectivity index (χ0n) is 20.2. The molecule has 2 aromatic carbocycles. The van der Waals surface area contributed by atoms with Crippen molar-refractivity contribution in [3.63, 3.8) is 0 Å². The van der Waals surface area contributed by atoms with Gasteiger partial charge in [0.1, 0.15) is 17.3 Å². The molecule has 7 heteroatoms. The second-order valence-electron chi connectivity index (χ2n) is 8.34. The average Bonchev–Trinajstić information content (AvgIpc) is 3.10. The molecule has 0 bridgehead atoms. The summed E-state index contributed by atoms with van der Waals surface area (Å²) in [5.74, 6) is -0.910. The number of aliphatic hydroxyl groups excluding tert-OH is 1. The number of likely N-dealkylation sites (N-methyl/N-ethyl adjacent to an activating group) is 1. The van der Waals surface area contributed by atoms with Crippen LogP contribution in [0.25, 0.3) is 5.76 Å². The largest absolute Gasteiger partial charge is 0.508 e. The SMILES string of the molecule is CCCCOc1cccc(/C(O)=C2\C(=O)C(=O)N(CCN(CC)CC)C2c2ccc(O)cc2)c1. The predicted octanol–water partition coefficient (Wildman–Crippen LogP) is 4.33. The van der Waals surface area contributed by atoms with Gasteiger partial charge in [-0.25, -0.2) is 0 Å². The number of aromatic hydroxyl groups is 1. The quantitative estimate of drug-likeness (QED) is 0.222. The van der Waals surface area contributed by atoms with E-state index in [2.05, 4.69) is 11.8 Å². The first-order valence-corrected chi connectivity index (χ1v) is 11.9. The van der Waals surface area contributed by atoms with Crippen LogP contribution in [-0.2, 0) is 9.59 Å². The highest BCUT2D eigenvalue weighted by molar-refractivity contribution is 6.46. The molecule has 7 nitrogen and oxygen atoms in total. The molecule has 34 heavy (non-hydrogen) atoms. The Morgan fingerprint density at radius 3 is 2.41 bits per heavy atom. The number of carbonyl (C=O) groups excluding carboxylic acids is 2. The number of phenols is 1. The third-order valence-corrected chi connectivity index (χ3v) is 6.17. The van der Waals surface area contributed by atoms with Gasteiger partial charge in [0.25, 0.3) is 11.7 Å². The Balaban J connectivity index is 2.03. The highest BCUT2D eigenvalue weighted by atomic mass is 16.5. The minimum absolute atomic E-state index is 0.0425. The van der Waals surface area contributed by atoms with Gasteiger partial charge in [-0.05, 0) is 49.3 Å². The molecule has 1 aliphatic heterocycles. The molecule has 1 amide bonds. The summed E-state index contributed by atoms with van der Waals surface area (Å²) in [7, 11) is 0. The number of aliphatic hydroxyl groups is 1. The molecule has 1 unspecified atom stereocenters. The summed E-state index contributed by atoms with van der Waals surface area (Å²) in [6, 6.07) is 12.6. The molecule has 1 atom stereocenters. The topological polar surface area (TPSA) is 90.3 Å². The molecule has 1 saturated heterocycles. The van der Waals surface area contributed by atoms with E-state index in [1.54, 1.807) is 36.4 Å². The van der Waals surface area contributed by atoms with Gasteiger partial charge in [0.15, 0.2) is 0 Å². The second kappa shape index (κ2) is 11.7. The maximum absolute atomic E-state index is 13.2. The van der Waals surface area contributed by atoms with E-state index in [0.29, 0.717) is 36.6 Å². The zero-order valence-corrected chi connectivity index (χ0v) is 20.2. The Morgan fingerprint density at radius 2 is 1.76 bits per heavy atom. The highest BCUT2D eigenvalue weighted by Gasteiger charge is 2.46. The minimum Gasteiger partial charge on any atom is -0.508 e. The van der Waals surface area contributed by atoms with Crippen LogP contribution in [-0.4, -0.2) is 64.5 Å². The lowest BCUT2D eigenvalue weighted by Crippen LogP contribution is -2.38. The van der Waals surface area contributed by atoms with Crippen molar-refractivity contribution >= 4 is 17.4 Å². The lowest BCUT2D eigenvalue weighted by atomic mass is 9.95. The van der Waals surface area contributed by atoms with Crippen LogP contribution in [0.2, 0.25) is 0 Å². The van der Waals surface area contributed by atoms with E-state index in [9.17, 15) is 19.8 Å². The molecular formula is C27H34N2O5. The fourth-order valence-corrected chi connectivity index (χ4v) is 4.13. The van der Waals surface area contributed by atoms with Gasteiger partial charge in [-0.15, -0.1) is 0 Å². The summed E-state index contributed by atoms with van der Waals surface area (Å²) in [5, 5.41) is 21.0. The van der Waals surface area contributed by atoms with Crippen molar-refractivity contribution in [2.24, 2.45) is 0 Å². The Hall–Kier alpha value is -3.32. The third-order valence-electron chi connectivity index (χ3n) is 6.17. The van der Waals surface area contributed by atoms with E-state index >= 15 is 0 Å². The van der Waals surface area contributed by atoms with Crippen molar-refractivity contribution in [2.45, 2.75) is 39.7 Å². The summed E-state index contributed by atoms with van der Waals surface area (Å²) in [5.41, 5.74) is 1.11. The van der Waals surface area contributed by atoms with Gasteiger partial charge < -0.3 is 24.7 Å². The van der Waals surface area contributed by atoms with Crippen molar-refractivity contribution in [1.82, 2.24) is 9.80 Å². The van der Waals surface area contributed by atoms with E-state index in [0.717, 1.165) is 25.9 Å². The third kappa shape index (κ3) is 5.59. The number of benzene rings is 2. The Labute approximate surface area is 201 Å². The molecule has 182 valence electrons. The van der Waals surface area contributed by atoms with E-state index in [1.807, 2.05) is 13.8 Å². The fourth-order valence-electron chi connectivity index (χ4n) is 4.13. The first-order chi connectivity index (χ1) is 16.4. The molecule has 0 radical (unpaired) electrons. The van der Waals surface area contributed by atoms with Gasteiger partial charge in [0.05, 0.1) is 18.2 Å². The smallest absolute Gasteiger partial charge is 0.295 e. The summed E-state index contributed by atoms with van der Waals surface area (Å²) >= 11 is 0. The van der Waals surface area contributed by atoms with Crippen molar-refractivity contribution in [2.75, 3.05) is 32.8 Å². The van der Waals surface area contributed by atoms with Crippen LogP contribution in [0.3, 0.4) is 0 Å². The molecule has 0 aromatic heterocycles. The predicted molar refractivity (Wildman–Crippen MR) is 132 cm³/mol. The van der Waals surface area contributed by atoms with Crippen LogP contribution in [0.1, 0.15) is 50.8 Å². The van der Waals surface area contributed by atoms with Crippen LogP contribution in [0.5, 0.6) is 11.5 Å². The van der Waals surface area contributed by atoms with Crippen LogP contribution in [0.15, 0.2) is 54.1 Å². The number of Topliss-reactive ketones (excluding diaryl/α,β-unsaturated/α-hetero) is 1. The Bertz CT molecular complexity index is 1030. The maximum Gasteiger partial charge on any atom is 0.295 e. The van der Waals surface area contributed by atoms with Crippen LogP contribution < -0.4 is 4.74 Å². The number of likely N-dealkylation sites (tertiary alicyclic amines) is 1. The number of ether oxygens (including phenoxy) is 1. The van der Waals surface area contributed by atoms with Crippen LogP contribution in [0, 0.1) is 0 Å². The first-order valence-electron chi connectivity index (χ1n) is 11.9. The van der Waals surface area contributed by atoms with Gasteiger partial charge in [0, 0.05) is 18.7 Å². The van der Waals surface area contributed by atoms with Crippen molar-refractivity contribution in [3.8, 4) is 11.5 Å². The Morgan fingerprint density at radius 1 is 1.06 bits per heavy atom. The van der Waals surface area contributed by atoms with E-state index in [4.69, 9.17) is 4.74 Å². The van der Waals surface area contributed by atoms with Gasteiger partial charge in [0.2, 0.25) is 0 Å². The monoisotopic (exact) mass is 466 g/mol. The number of unbranched alkanes of at least 4 members (excludes halogenated alkanes) is 1. The molecule has 3 rings (SSSR count). The molecule has 2 N–H and O–H groups in total. The van der Waals surface area contributed by atoms with Gasteiger partial charge in [-0.1, -0.05) is 51.5 Å². The number of ketones is 1. The fraction of sp³-hybridized carbons (Fsp3) is 0.407. The average molecular weight is 467 g/mol. The van der Waals surface area contributed by atoms with Crippen molar-refractivity contribution in [1.29, 1.82) is 0 Å². The number of phenolic OH excluding ortho intramolecular Hbond substituents is 1. The number of hydrogen-bond acceptors (Lipinski definition) is 6. The lowest BCUT2D eigenvalue weighted by molar-refractivity contribution is -0.140. The number of carbonyl (C=O) groups is 2. The van der Waals surface area contributed by atoms with Gasteiger partial charge in [-0.3, -0.25) is 9.59 Å². The van der Waals surface area contributed by atoms with Gasteiger partial charge >= 0.3 is 0 Å². The van der Waals surface area contributed by atoms with Crippen molar-refractivity contribution in [3.05, 3.63) is 65.2 Å². The van der Waals surface area contributed by atoms with E-state index in [-0.39, 0.29) is 17.1 Å². The molecule has 2 aromatic rings. The molecule has 1 aliphatic rings. The first kappa shape index (κ1) is 25.3. The van der Waals surface area contributed by atoms with E-state index < -0.39 is 17.7 Å². The summed E-state index contributed by atoms with van der Waals surface area (Å²) < 4.78 is 5.75. The standard InChI is InChI=1S/C27H34N2O5/c1-4-7-17-34-22-10-8-9-20(18-22)25(31)23-24(19-11-13-21(30)14-12-19)29(27(33)26(23)32)16-15-28(5-2)6-3/h8-14,18,24,30-31H,4-7,15-17H2,1-3H3/b25-23+. The molecule has 0 aliphatic carbocycles. The molecule has 1 heterocycles. The number of amides is 1. The number of rotatable bonds is 11. The Kier molecular flexibility index (Phi) is 8.71. The molecule has 0 spiro atoms. The number of nitrogens with zero attached hydrogens (tertiary/aromatic N) is 2. The maximum atomic E-state index is 13.2.